The van der Waals surface area contributed by atoms with Crippen LogP contribution >= 0.6 is 0 Å². The van der Waals surface area contributed by atoms with Crippen molar-refractivity contribution in [2.75, 3.05) is 24.6 Å². The number of benzene rings is 2. The number of carbonyl (C=O) groups is 3. The van der Waals surface area contributed by atoms with Crippen LogP contribution in [0.1, 0.15) is 34.6 Å². The fraction of sp³-hybridized carbons (Fsp3) is 0.250. The predicted molar refractivity (Wildman–Crippen MR) is 99.1 cm³/mol. The summed E-state index contributed by atoms with van der Waals surface area (Å²) in [6, 6.07) is 9.14. The number of esters is 1. The van der Waals surface area contributed by atoms with Gasteiger partial charge in [-0.2, -0.15) is 0 Å². The lowest BCUT2D eigenvalue weighted by Gasteiger charge is -2.21. The third-order valence-corrected chi connectivity index (χ3v) is 3.87. The topological polar surface area (TPSA) is 75.7 Å². The van der Waals surface area contributed by atoms with E-state index < -0.39 is 23.5 Å². The molecule has 2 amide bonds. The van der Waals surface area contributed by atoms with Gasteiger partial charge in [-0.1, -0.05) is 0 Å². The van der Waals surface area contributed by atoms with Gasteiger partial charge in [0.2, 0.25) is 5.91 Å². The summed E-state index contributed by atoms with van der Waals surface area (Å²) in [5.74, 6) is -3.45. The minimum atomic E-state index is -1.11. The molecule has 0 bridgehead atoms. The Morgan fingerprint density at radius 2 is 1.64 bits per heavy atom. The van der Waals surface area contributed by atoms with Crippen molar-refractivity contribution in [2.24, 2.45) is 0 Å². The zero-order valence-corrected chi connectivity index (χ0v) is 15.5. The Morgan fingerprint density at radius 1 is 1.00 bits per heavy atom. The zero-order valence-electron chi connectivity index (χ0n) is 15.5. The van der Waals surface area contributed by atoms with Gasteiger partial charge in [-0.3, -0.25) is 9.59 Å². The van der Waals surface area contributed by atoms with E-state index in [0.717, 1.165) is 12.1 Å². The molecule has 0 heterocycles. The smallest absolute Gasteiger partial charge is 0.338 e. The van der Waals surface area contributed by atoms with Gasteiger partial charge in [0.05, 0.1) is 12.2 Å². The summed E-state index contributed by atoms with van der Waals surface area (Å²) in [5, 5.41) is 2.55. The molecule has 0 saturated heterocycles. The second kappa shape index (κ2) is 9.59. The normalized spacial score (nSPS) is 10.3. The molecule has 0 aliphatic carbocycles. The Labute approximate surface area is 161 Å². The third-order valence-electron chi connectivity index (χ3n) is 3.87. The standard InChI is InChI=1S/C20H20F2N2O4/c1-3-28-20(27)14-4-7-16(8-5-14)24(13(2)25)11-10-23-19(26)15-6-9-17(21)18(22)12-15/h4-9,12H,3,10-11H2,1-2H3,(H,23,26). The highest BCUT2D eigenvalue weighted by Gasteiger charge is 2.14. The zero-order chi connectivity index (χ0) is 20.7. The first-order valence-corrected chi connectivity index (χ1v) is 8.62. The minimum absolute atomic E-state index is 0.0212. The molecule has 2 aromatic rings. The molecule has 148 valence electrons. The van der Waals surface area contributed by atoms with Gasteiger partial charge in [0.15, 0.2) is 11.6 Å². The minimum Gasteiger partial charge on any atom is -0.462 e. The first-order valence-electron chi connectivity index (χ1n) is 8.62. The van der Waals surface area contributed by atoms with Gasteiger partial charge in [-0.05, 0) is 49.4 Å². The number of hydrogen-bond donors (Lipinski definition) is 1. The van der Waals surface area contributed by atoms with Gasteiger partial charge in [0, 0.05) is 31.3 Å². The van der Waals surface area contributed by atoms with Crippen LogP contribution in [0.15, 0.2) is 42.5 Å². The van der Waals surface area contributed by atoms with Crippen molar-refractivity contribution >= 4 is 23.5 Å². The predicted octanol–water partition coefficient (Wildman–Crippen LogP) is 2.92. The average molecular weight is 390 g/mol. The van der Waals surface area contributed by atoms with Crippen LogP contribution in [0, 0.1) is 11.6 Å². The maximum atomic E-state index is 13.2. The molecule has 0 radical (unpaired) electrons. The molecule has 1 N–H and O–H groups in total. The lowest BCUT2D eigenvalue weighted by Crippen LogP contribution is -2.37. The van der Waals surface area contributed by atoms with Crippen molar-refractivity contribution in [3.8, 4) is 0 Å². The Bertz CT molecular complexity index is 869. The van der Waals surface area contributed by atoms with Crippen molar-refractivity contribution in [3.05, 3.63) is 65.2 Å². The second-order valence-corrected chi connectivity index (χ2v) is 5.82. The summed E-state index contributed by atoms with van der Waals surface area (Å²) in [7, 11) is 0. The number of rotatable bonds is 7. The molecule has 2 aromatic carbocycles. The molecule has 28 heavy (non-hydrogen) atoms. The molecule has 6 nitrogen and oxygen atoms in total. The molecule has 0 spiro atoms. The molecule has 0 aromatic heterocycles. The molecule has 0 aliphatic heterocycles. The molecule has 0 saturated carbocycles. The Kier molecular flexibility index (Phi) is 7.20. The summed E-state index contributed by atoms with van der Waals surface area (Å²) in [6.07, 6.45) is 0. The first-order chi connectivity index (χ1) is 13.3. The van der Waals surface area contributed by atoms with Crippen LogP contribution in [0.2, 0.25) is 0 Å². The van der Waals surface area contributed by atoms with Crippen LogP contribution in [-0.2, 0) is 9.53 Å². The highest BCUT2D eigenvalue weighted by atomic mass is 19.2. The van der Waals surface area contributed by atoms with Crippen molar-refractivity contribution in [1.29, 1.82) is 0 Å². The summed E-state index contributed by atoms with van der Waals surface area (Å²) < 4.78 is 31.1. The fourth-order valence-corrected chi connectivity index (χ4v) is 2.48. The van der Waals surface area contributed by atoms with E-state index in [1.54, 1.807) is 31.2 Å². The van der Waals surface area contributed by atoms with Gasteiger partial charge >= 0.3 is 5.97 Å². The van der Waals surface area contributed by atoms with Gasteiger partial charge < -0.3 is 15.0 Å². The van der Waals surface area contributed by atoms with Crippen LogP contribution in [0.3, 0.4) is 0 Å². The number of nitrogens with one attached hydrogen (secondary N) is 1. The molecular weight excluding hydrogens is 370 g/mol. The van der Waals surface area contributed by atoms with Crippen LogP contribution in [0.25, 0.3) is 0 Å². The number of anilines is 1. The van der Waals surface area contributed by atoms with Crippen LogP contribution < -0.4 is 10.2 Å². The van der Waals surface area contributed by atoms with Crippen molar-refractivity contribution < 1.29 is 27.9 Å². The van der Waals surface area contributed by atoms with E-state index in [-0.39, 0.29) is 31.2 Å². The number of halogens is 2. The lowest BCUT2D eigenvalue weighted by molar-refractivity contribution is -0.116. The molecule has 0 atom stereocenters. The van der Waals surface area contributed by atoms with E-state index in [1.807, 2.05) is 0 Å². The van der Waals surface area contributed by atoms with Crippen molar-refractivity contribution in [2.45, 2.75) is 13.8 Å². The maximum absolute atomic E-state index is 13.2. The highest BCUT2D eigenvalue weighted by molar-refractivity contribution is 5.95. The molecule has 0 fully saturated rings. The monoisotopic (exact) mass is 390 g/mol. The SMILES string of the molecule is CCOC(=O)c1ccc(N(CCNC(=O)c2ccc(F)c(F)c2)C(C)=O)cc1. The maximum Gasteiger partial charge on any atom is 0.338 e. The van der Waals surface area contributed by atoms with E-state index in [2.05, 4.69) is 5.32 Å². The molecule has 0 unspecified atom stereocenters. The number of ether oxygens (including phenoxy) is 1. The van der Waals surface area contributed by atoms with E-state index in [4.69, 9.17) is 4.74 Å². The molecule has 2 rings (SSSR count). The van der Waals surface area contributed by atoms with Crippen LogP contribution in [0.4, 0.5) is 14.5 Å². The number of amides is 2. The Balaban J connectivity index is 1.99. The van der Waals surface area contributed by atoms with E-state index >= 15 is 0 Å². The van der Waals surface area contributed by atoms with Crippen molar-refractivity contribution in [1.82, 2.24) is 5.32 Å². The van der Waals surface area contributed by atoms with Gasteiger partial charge in [0.1, 0.15) is 0 Å². The molecule has 0 aliphatic rings. The molecular formula is C20H20F2N2O4. The Morgan fingerprint density at radius 3 is 2.21 bits per heavy atom. The second-order valence-electron chi connectivity index (χ2n) is 5.82. The summed E-state index contributed by atoms with van der Waals surface area (Å²) >= 11 is 0. The average Bonchev–Trinajstić information content (AvgIpc) is 2.67. The number of carbonyl (C=O) groups excluding carboxylic acids is 3. The number of nitrogens with zero attached hydrogens (tertiary/aromatic N) is 1. The van der Waals surface area contributed by atoms with Gasteiger partial charge in [-0.25, -0.2) is 13.6 Å². The quantitative estimate of drug-likeness (QED) is 0.738. The largest absolute Gasteiger partial charge is 0.462 e. The van der Waals surface area contributed by atoms with Gasteiger partial charge in [-0.15, -0.1) is 0 Å². The van der Waals surface area contributed by atoms with Crippen LogP contribution in [0.5, 0.6) is 0 Å². The highest BCUT2D eigenvalue weighted by Crippen LogP contribution is 2.16. The summed E-state index contributed by atoms with van der Waals surface area (Å²) in [6.45, 7) is 3.59. The lowest BCUT2D eigenvalue weighted by atomic mass is 10.2. The number of hydrogen-bond acceptors (Lipinski definition) is 4. The molecule has 8 heteroatoms. The fourth-order valence-electron chi connectivity index (χ4n) is 2.48. The van der Waals surface area contributed by atoms with E-state index in [9.17, 15) is 23.2 Å². The summed E-state index contributed by atoms with van der Waals surface area (Å²) in [5.41, 5.74) is 0.885. The summed E-state index contributed by atoms with van der Waals surface area (Å²) in [4.78, 5) is 37.0. The van der Waals surface area contributed by atoms with Crippen molar-refractivity contribution in [3.63, 3.8) is 0 Å². The van der Waals surface area contributed by atoms with E-state index in [0.29, 0.717) is 11.3 Å². The van der Waals surface area contributed by atoms with E-state index in [1.165, 1.54) is 17.9 Å². The first kappa shape index (κ1) is 21.0. The third kappa shape index (κ3) is 5.35. The Hall–Kier alpha value is -3.29. The van der Waals surface area contributed by atoms with Crippen LogP contribution in [-0.4, -0.2) is 37.5 Å². The van der Waals surface area contributed by atoms with Gasteiger partial charge in [0.25, 0.3) is 5.91 Å².